The van der Waals surface area contributed by atoms with Crippen LogP contribution in [0.5, 0.6) is 0 Å². The number of nitrogens with zero attached hydrogens (tertiary/aromatic N) is 3. The van der Waals surface area contributed by atoms with E-state index in [2.05, 4.69) is 39.5 Å². The van der Waals surface area contributed by atoms with Gasteiger partial charge in [0.25, 0.3) is 0 Å². The molecule has 1 aromatic heterocycles. The lowest BCUT2D eigenvalue weighted by atomic mass is 9.88. The molecule has 1 aliphatic rings. The highest BCUT2D eigenvalue weighted by Crippen LogP contribution is 2.25. The number of nitrogens with one attached hydrogen (secondary N) is 2. The molecule has 1 saturated heterocycles. The second-order valence-electron chi connectivity index (χ2n) is 5.50. The van der Waals surface area contributed by atoms with Crippen LogP contribution in [0.25, 0.3) is 0 Å². The summed E-state index contributed by atoms with van der Waals surface area (Å²) in [5.41, 5.74) is -0.000249. The first-order valence-electron chi connectivity index (χ1n) is 7.05. The van der Waals surface area contributed by atoms with E-state index >= 15 is 0 Å². The van der Waals surface area contributed by atoms with Gasteiger partial charge in [0, 0.05) is 25.3 Å². The van der Waals surface area contributed by atoms with E-state index in [0.29, 0.717) is 17.5 Å². The number of aromatic amines is 1. The van der Waals surface area contributed by atoms with Crippen LogP contribution in [0.1, 0.15) is 18.7 Å². The number of ether oxygens (including phenoxy) is 1. The number of aromatic nitrogens is 3. The fourth-order valence-corrected chi connectivity index (χ4v) is 3.04. The van der Waals surface area contributed by atoms with Crippen LogP contribution in [0.2, 0.25) is 0 Å². The van der Waals surface area contributed by atoms with Crippen LogP contribution in [0.15, 0.2) is 5.16 Å². The summed E-state index contributed by atoms with van der Waals surface area (Å²) in [6.07, 6.45) is 1.88. The van der Waals surface area contributed by atoms with E-state index in [0.717, 1.165) is 31.9 Å². The number of likely N-dealkylation sites (N-methyl/N-ethyl adjacent to an activating group) is 1. The Morgan fingerprint density at radius 3 is 2.76 bits per heavy atom. The predicted octanol–water partition coefficient (Wildman–Crippen LogP) is 0.432. The van der Waals surface area contributed by atoms with Crippen LogP contribution in [0, 0.1) is 6.92 Å². The van der Waals surface area contributed by atoms with Gasteiger partial charge in [-0.15, -0.1) is 5.10 Å². The predicted molar refractivity (Wildman–Crippen MR) is 81.3 cm³/mol. The van der Waals surface area contributed by atoms with Crippen molar-refractivity contribution >= 4 is 17.7 Å². The molecular formula is C13H23N5O2S. The molecule has 1 amide bonds. The molecule has 0 atom stereocenters. The Kier molecular flexibility index (Phi) is 5.60. The Bertz CT molecular complexity index is 471. The van der Waals surface area contributed by atoms with E-state index in [9.17, 15) is 4.79 Å². The molecule has 0 unspecified atom stereocenters. The maximum absolute atomic E-state index is 12.0. The maximum Gasteiger partial charge on any atom is 0.230 e. The highest BCUT2D eigenvalue weighted by molar-refractivity contribution is 7.99. The van der Waals surface area contributed by atoms with E-state index in [-0.39, 0.29) is 11.4 Å². The van der Waals surface area contributed by atoms with Gasteiger partial charge < -0.3 is 15.0 Å². The fourth-order valence-electron chi connectivity index (χ4n) is 2.36. The molecule has 1 aliphatic heterocycles. The Balaban J connectivity index is 1.79. The van der Waals surface area contributed by atoms with Gasteiger partial charge in [0.1, 0.15) is 5.82 Å². The number of hydrogen-bond acceptors (Lipinski definition) is 6. The van der Waals surface area contributed by atoms with Crippen LogP contribution in [-0.4, -0.2) is 71.1 Å². The van der Waals surface area contributed by atoms with E-state index in [1.807, 2.05) is 6.92 Å². The largest absolute Gasteiger partial charge is 0.381 e. The Morgan fingerprint density at radius 1 is 1.48 bits per heavy atom. The molecule has 1 aromatic rings. The van der Waals surface area contributed by atoms with E-state index in [1.165, 1.54) is 11.8 Å². The van der Waals surface area contributed by atoms with Gasteiger partial charge in [0.15, 0.2) is 0 Å². The summed E-state index contributed by atoms with van der Waals surface area (Å²) in [7, 11) is 4.12. The second kappa shape index (κ2) is 7.24. The summed E-state index contributed by atoms with van der Waals surface area (Å²) in [6, 6.07) is 0. The van der Waals surface area contributed by atoms with Crippen molar-refractivity contribution in [3.05, 3.63) is 5.82 Å². The Morgan fingerprint density at radius 2 is 2.19 bits per heavy atom. The van der Waals surface area contributed by atoms with Gasteiger partial charge in [-0.3, -0.25) is 9.89 Å². The third-order valence-corrected chi connectivity index (χ3v) is 4.74. The molecule has 0 radical (unpaired) electrons. The average molecular weight is 313 g/mol. The number of thioether (sulfide) groups is 1. The standard InChI is InChI=1S/C13H23N5O2S/c1-10-15-12(17-16-10)21-8-11(19)14-9-13(18(2)3)4-6-20-7-5-13/h4-9H2,1-3H3,(H,14,19)(H,15,16,17). The fraction of sp³-hybridized carbons (Fsp3) is 0.769. The number of rotatable bonds is 6. The third-order valence-electron chi connectivity index (χ3n) is 3.90. The van der Waals surface area contributed by atoms with Gasteiger partial charge >= 0.3 is 0 Å². The van der Waals surface area contributed by atoms with Crippen LogP contribution in [-0.2, 0) is 9.53 Å². The second-order valence-corrected chi connectivity index (χ2v) is 6.44. The number of carbonyl (C=O) groups excluding carboxylic acids is 1. The van der Waals surface area contributed by atoms with E-state index < -0.39 is 0 Å². The van der Waals surface area contributed by atoms with Gasteiger partial charge in [-0.2, -0.15) is 0 Å². The van der Waals surface area contributed by atoms with Crippen molar-refractivity contribution < 1.29 is 9.53 Å². The zero-order chi connectivity index (χ0) is 15.3. The first kappa shape index (κ1) is 16.3. The number of carbonyl (C=O) groups is 1. The van der Waals surface area contributed by atoms with Crippen LogP contribution < -0.4 is 5.32 Å². The molecule has 0 aromatic carbocycles. The number of amides is 1. The van der Waals surface area contributed by atoms with Crippen molar-refractivity contribution in [3.63, 3.8) is 0 Å². The summed E-state index contributed by atoms with van der Waals surface area (Å²) in [5, 5.41) is 10.4. The summed E-state index contributed by atoms with van der Waals surface area (Å²) in [4.78, 5) is 18.3. The lowest BCUT2D eigenvalue weighted by Gasteiger charge is -2.42. The minimum Gasteiger partial charge on any atom is -0.381 e. The Labute approximate surface area is 129 Å². The molecule has 21 heavy (non-hydrogen) atoms. The zero-order valence-corrected chi connectivity index (χ0v) is 13.6. The smallest absolute Gasteiger partial charge is 0.230 e. The van der Waals surface area contributed by atoms with Crippen LogP contribution in [0.4, 0.5) is 0 Å². The molecule has 1 fully saturated rings. The summed E-state index contributed by atoms with van der Waals surface area (Å²) < 4.78 is 5.43. The summed E-state index contributed by atoms with van der Waals surface area (Å²) >= 11 is 1.34. The number of H-pyrrole nitrogens is 1. The first-order chi connectivity index (χ1) is 10.0. The quantitative estimate of drug-likeness (QED) is 0.741. The molecule has 118 valence electrons. The van der Waals surface area contributed by atoms with Crippen molar-refractivity contribution in [1.82, 2.24) is 25.4 Å². The zero-order valence-electron chi connectivity index (χ0n) is 12.8. The van der Waals surface area contributed by atoms with Gasteiger partial charge in [-0.05, 0) is 33.9 Å². The van der Waals surface area contributed by atoms with Gasteiger partial charge in [0.05, 0.1) is 5.75 Å². The molecular weight excluding hydrogens is 290 g/mol. The molecule has 8 heteroatoms. The molecule has 0 bridgehead atoms. The number of aryl methyl sites for hydroxylation is 1. The van der Waals surface area contributed by atoms with Crippen LogP contribution >= 0.6 is 11.8 Å². The van der Waals surface area contributed by atoms with Crippen molar-refractivity contribution in [2.45, 2.75) is 30.5 Å². The molecule has 7 nitrogen and oxygen atoms in total. The molecule has 0 spiro atoms. The molecule has 2 rings (SSSR count). The minimum atomic E-state index is -0.000249. The van der Waals surface area contributed by atoms with E-state index in [4.69, 9.17) is 4.74 Å². The monoisotopic (exact) mass is 313 g/mol. The summed E-state index contributed by atoms with van der Waals surface area (Å²) in [6.45, 7) is 3.98. The van der Waals surface area contributed by atoms with Crippen LogP contribution in [0.3, 0.4) is 0 Å². The van der Waals surface area contributed by atoms with Gasteiger partial charge in [-0.25, -0.2) is 4.98 Å². The minimum absolute atomic E-state index is 0.000249. The van der Waals surface area contributed by atoms with Gasteiger partial charge in [-0.1, -0.05) is 11.8 Å². The highest BCUT2D eigenvalue weighted by atomic mass is 32.2. The van der Waals surface area contributed by atoms with Gasteiger partial charge in [0.2, 0.25) is 11.1 Å². The van der Waals surface area contributed by atoms with Crippen molar-refractivity contribution in [2.75, 3.05) is 39.6 Å². The lowest BCUT2D eigenvalue weighted by Crippen LogP contribution is -2.55. The molecule has 2 heterocycles. The van der Waals surface area contributed by atoms with Crippen molar-refractivity contribution in [1.29, 1.82) is 0 Å². The van der Waals surface area contributed by atoms with E-state index in [1.54, 1.807) is 0 Å². The highest BCUT2D eigenvalue weighted by Gasteiger charge is 2.34. The average Bonchev–Trinajstić information content (AvgIpc) is 2.89. The third kappa shape index (κ3) is 4.42. The maximum atomic E-state index is 12.0. The Hall–Kier alpha value is -1.12. The lowest BCUT2D eigenvalue weighted by molar-refractivity contribution is -0.119. The molecule has 2 N–H and O–H groups in total. The number of hydrogen-bond donors (Lipinski definition) is 2. The van der Waals surface area contributed by atoms with Crippen molar-refractivity contribution in [3.8, 4) is 0 Å². The normalized spacial score (nSPS) is 17.9. The summed E-state index contributed by atoms with van der Waals surface area (Å²) in [5.74, 6) is 1.10. The SMILES string of the molecule is Cc1nc(SCC(=O)NCC2(N(C)C)CCOCC2)n[nH]1. The molecule has 0 aliphatic carbocycles. The first-order valence-corrected chi connectivity index (χ1v) is 8.04. The van der Waals surface area contributed by atoms with Crippen molar-refractivity contribution in [2.24, 2.45) is 0 Å². The molecule has 0 saturated carbocycles. The topological polar surface area (TPSA) is 83.1 Å².